The van der Waals surface area contributed by atoms with E-state index in [1.807, 2.05) is 24.3 Å². The highest BCUT2D eigenvalue weighted by atomic mass is 79.9. The molecule has 0 fully saturated rings. The molecule has 1 N–H and O–H groups in total. The van der Waals surface area contributed by atoms with Crippen molar-refractivity contribution in [1.82, 2.24) is 0 Å². The van der Waals surface area contributed by atoms with Gasteiger partial charge in [-0.15, -0.1) is 0 Å². The van der Waals surface area contributed by atoms with E-state index in [4.69, 9.17) is 10.00 Å². The van der Waals surface area contributed by atoms with Crippen molar-refractivity contribution in [2.24, 2.45) is 0 Å². The molecule has 0 aliphatic rings. The van der Waals surface area contributed by atoms with Gasteiger partial charge in [-0.05, 0) is 57.9 Å². The SMILES string of the molecule is N#CCOc1ccc(NCc2ccc(Br)c(F)c2)cc1. The van der Waals surface area contributed by atoms with Gasteiger partial charge >= 0.3 is 0 Å². The topological polar surface area (TPSA) is 45.0 Å². The molecule has 0 amide bonds. The van der Waals surface area contributed by atoms with Crippen LogP contribution in [-0.2, 0) is 6.54 Å². The number of rotatable bonds is 5. The Hall–Kier alpha value is -2.06. The van der Waals surface area contributed by atoms with E-state index >= 15 is 0 Å². The molecule has 0 bridgehead atoms. The van der Waals surface area contributed by atoms with Crippen molar-refractivity contribution in [2.45, 2.75) is 6.54 Å². The quantitative estimate of drug-likeness (QED) is 0.895. The van der Waals surface area contributed by atoms with Gasteiger partial charge in [0, 0.05) is 12.2 Å². The van der Waals surface area contributed by atoms with E-state index in [1.54, 1.807) is 18.2 Å². The highest BCUT2D eigenvalue weighted by molar-refractivity contribution is 9.10. The number of anilines is 1. The van der Waals surface area contributed by atoms with Gasteiger partial charge < -0.3 is 10.1 Å². The molecule has 2 rings (SSSR count). The van der Waals surface area contributed by atoms with E-state index in [2.05, 4.69) is 21.2 Å². The van der Waals surface area contributed by atoms with Crippen LogP contribution in [-0.4, -0.2) is 6.61 Å². The Labute approximate surface area is 125 Å². The van der Waals surface area contributed by atoms with Gasteiger partial charge in [-0.1, -0.05) is 6.07 Å². The average molecular weight is 335 g/mol. The zero-order chi connectivity index (χ0) is 14.4. The second kappa shape index (κ2) is 6.92. The van der Waals surface area contributed by atoms with E-state index in [0.29, 0.717) is 16.8 Å². The third kappa shape index (κ3) is 3.97. The minimum atomic E-state index is -0.274. The van der Waals surface area contributed by atoms with Crippen molar-refractivity contribution in [1.29, 1.82) is 5.26 Å². The Morgan fingerprint density at radius 1 is 1.20 bits per heavy atom. The molecule has 20 heavy (non-hydrogen) atoms. The third-order valence-corrected chi connectivity index (χ3v) is 3.28. The fraction of sp³-hybridized carbons (Fsp3) is 0.133. The van der Waals surface area contributed by atoms with Crippen LogP contribution in [0.15, 0.2) is 46.9 Å². The van der Waals surface area contributed by atoms with Crippen LogP contribution < -0.4 is 10.1 Å². The Kier molecular flexibility index (Phi) is 4.97. The molecule has 3 nitrogen and oxygen atoms in total. The van der Waals surface area contributed by atoms with E-state index in [1.165, 1.54) is 6.07 Å². The van der Waals surface area contributed by atoms with Crippen LogP contribution in [0.3, 0.4) is 0 Å². The standard InChI is InChI=1S/C15H12BrFN2O/c16-14-6-1-11(9-15(14)17)10-19-12-2-4-13(5-3-12)20-8-7-18/h1-6,9,19H,8,10H2. The summed E-state index contributed by atoms with van der Waals surface area (Å²) in [5.74, 6) is 0.372. The Balaban J connectivity index is 1.93. The number of nitrogens with zero attached hydrogens (tertiary/aromatic N) is 1. The smallest absolute Gasteiger partial charge is 0.174 e. The van der Waals surface area contributed by atoms with Crippen LogP contribution in [0.5, 0.6) is 5.75 Å². The fourth-order valence-electron chi connectivity index (χ4n) is 1.64. The van der Waals surface area contributed by atoms with E-state index < -0.39 is 0 Å². The van der Waals surface area contributed by atoms with Gasteiger partial charge in [0.05, 0.1) is 4.47 Å². The number of benzene rings is 2. The highest BCUT2D eigenvalue weighted by Crippen LogP contribution is 2.19. The van der Waals surface area contributed by atoms with Crippen LogP contribution in [0.25, 0.3) is 0 Å². The molecule has 0 radical (unpaired) electrons. The van der Waals surface area contributed by atoms with Gasteiger partial charge in [0.1, 0.15) is 17.6 Å². The Morgan fingerprint density at radius 3 is 2.60 bits per heavy atom. The lowest BCUT2D eigenvalue weighted by molar-refractivity contribution is 0.368. The van der Waals surface area contributed by atoms with Crippen molar-refractivity contribution in [3.05, 3.63) is 58.3 Å². The number of halogens is 2. The zero-order valence-electron chi connectivity index (χ0n) is 10.6. The zero-order valence-corrected chi connectivity index (χ0v) is 12.2. The predicted octanol–water partition coefficient (Wildman–Crippen LogP) is 4.10. The summed E-state index contributed by atoms with van der Waals surface area (Å²) in [6.45, 7) is 0.563. The van der Waals surface area contributed by atoms with Gasteiger partial charge in [-0.2, -0.15) is 5.26 Å². The summed E-state index contributed by atoms with van der Waals surface area (Å²) < 4.78 is 19.0. The Bertz CT molecular complexity index is 623. The van der Waals surface area contributed by atoms with Crippen LogP contribution in [0.4, 0.5) is 10.1 Å². The molecule has 0 atom stereocenters. The molecule has 0 aliphatic heterocycles. The van der Waals surface area contributed by atoms with Crippen molar-refractivity contribution in [3.63, 3.8) is 0 Å². The van der Waals surface area contributed by atoms with Gasteiger partial charge in [0.15, 0.2) is 6.61 Å². The molecule has 2 aromatic rings. The summed E-state index contributed by atoms with van der Waals surface area (Å²) in [6.07, 6.45) is 0. The molecule has 0 unspecified atom stereocenters. The predicted molar refractivity (Wildman–Crippen MR) is 79.0 cm³/mol. The normalized spacial score (nSPS) is 9.85. The summed E-state index contributed by atoms with van der Waals surface area (Å²) in [5, 5.41) is 11.6. The second-order valence-electron chi connectivity index (χ2n) is 4.07. The Morgan fingerprint density at radius 2 is 1.95 bits per heavy atom. The maximum absolute atomic E-state index is 13.4. The van der Waals surface area contributed by atoms with E-state index in [9.17, 15) is 4.39 Å². The summed E-state index contributed by atoms with van der Waals surface area (Å²) >= 11 is 3.12. The lowest BCUT2D eigenvalue weighted by atomic mass is 10.2. The molecule has 0 saturated carbocycles. The van der Waals surface area contributed by atoms with Crippen LogP contribution in [0.1, 0.15) is 5.56 Å². The number of nitrogens with one attached hydrogen (secondary N) is 1. The molecule has 2 aromatic carbocycles. The molecule has 0 spiro atoms. The van der Waals surface area contributed by atoms with Gasteiger partial charge in [-0.3, -0.25) is 0 Å². The van der Waals surface area contributed by atoms with Gasteiger partial charge in [0.2, 0.25) is 0 Å². The van der Waals surface area contributed by atoms with Gasteiger partial charge in [0.25, 0.3) is 0 Å². The molecule has 5 heteroatoms. The molecule has 0 aromatic heterocycles. The molecular formula is C15H12BrFN2O. The maximum atomic E-state index is 13.4. The lowest BCUT2D eigenvalue weighted by Gasteiger charge is -2.08. The fourth-order valence-corrected chi connectivity index (χ4v) is 1.88. The first kappa shape index (κ1) is 14.4. The number of ether oxygens (including phenoxy) is 1. The number of hydrogen-bond donors (Lipinski definition) is 1. The second-order valence-corrected chi connectivity index (χ2v) is 4.93. The van der Waals surface area contributed by atoms with Crippen molar-refractivity contribution < 1.29 is 9.13 Å². The highest BCUT2D eigenvalue weighted by Gasteiger charge is 2.01. The summed E-state index contributed by atoms with van der Waals surface area (Å²) in [7, 11) is 0. The van der Waals surface area contributed by atoms with Crippen molar-refractivity contribution in [2.75, 3.05) is 11.9 Å². The van der Waals surface area contributed by atoms with E-state index in [-0.39, 0.29) is 12.4 Å². The monoisotopic (exact) mass is 334 g/mol. The van der Waals surface area contributed by atoms with Crippen LogP contribution in [0, 0.1) is 17.1 Å². The molecule has 0 heterocycles. The minimum Gasteiger partial charge on any atom is -0.479 e. The van der Waals surface area contributed by atoms with E-state index in [0.717, 1.165) is 11.3 Å². The first-order valence-electron chi connectivity index (χ1n) is 5.96. The van der Waals surface area contributed by atoms with Crippen molar-refractivity contribution >= 4 is 21.6 Å². The molecule has 0 saturated heterocycles. The lowest BCUT2D eigenvalue weighted by Crippen LogP contribution is -2.00. The van der Waals surface area contributed by atoms with Crippen LogP contribution >= 0.6 is 15.9 Å². The number of nitriles is 1. The molecule has 102 valence electrons. The summed E-state index contributed by atoms with van der Waals surface area (Å²) in [5.41, 5.74) is 1.76. The maximum Gasteiger partial charge on any atom is 0.174 e. The minimum absolute atomic E-state index is 0.0327. The molecular weight excluding hydrogens is 323 g/mol. The first-order chi connectivity index (χ1) is 9.69. The largest absolute Gasteiger partial charge is 0.479 e. The van der Waals surface area contributed by atoms with Gasteiger partial charge in [-0.25, -0.2) is 4.39 Å². The number of hydrogen-bond acceptors (Lipinski definition) is 3. The summed E-state index contributed by atoms with van der Waals surface area (Å²) in [6, 6.07) is 14.2. The third-order valence-electron chi connectivity index (χ3n) is 2.64. The first-order valence-corrected chi connectivity index (χ1v) is 6.76. The van der Waals surface area contributed by atoms with Crippen LogP contribution in [0.2, 0.25) is 0 Å². The summed E-state index contributed by atoms with van der Waals surface area (Å²) in [4.78, 5) is 0. The molecule has 0 aliphatic carbocycles. The van der Waals surface area contributed by atoms with Crippen molar-refractivity contribution in [3.8, 4) is 11.8 Å². The average Bonchev–Trinajstić information content (AvgIpc) is 2.47.